The summed E-state index contributed by atoms with van der Waals surface area (Å²) >= 11 is 0. The molecule has 1 saturated heterocycles. The fraction of sp³-hybridized carbons (Fsp3) is 0.400. The number of carbonyl (C=O) groups excluding carboxylic acids is 1. The number of carboxylic acids is 1. The summed E-state index contributed by atoms with van der Waals surface area (Å²) in [5.74, 6) is 3.35. The van der Waals surface area contributed by atoms with Crippen LogP contribution >= 0.6 is 0 Å². The number of amides is 1. The fourth-order valence-corrected chi connectivity index (χ4v) is 1.10. The van der Waals surface area contributed by atoms with Gasteiger partial charge in [0.2, 0.25) is 0 Å². The number of carboxylic acid groups (broad SMARTS) is 1. The first-order valence-electron chi connectivity index (χ1n) is 4.40. The Kier molecular flexibility index (Phi) is 3.75. The predicted octanol–water partition coefficient (Wildman–Crippen LogP) is 0.329. The number of aliphatic carboxylic acids is 1. The van der Waals surface area contributed by atoms with Crippen LogP contribution < -0.4 is 0 Å². The van der Waals surface area contributed by atoms with E-state index in [-0.39, 0.29) is 12.5 Å². The number of rotatable bonds is 2. The van der Waals surface area contributed by atoms with Crippen molar-refractivity contribution in [2.45, 2.75) is 0 Å². The normalized spacial score (nSPS) is 14.5. The minimum Gasteiger partial charge on any atom is -0.472 e. The Morgan fingerprint density at radius 2 is 2.27 bits per heavy atom. The van der Waals surface area contributed by atoms with Crippen molar-refractivity contribution >= 4 is 12.1 Å². The van der Waals surface area contributed by atoms with Gasteiger partial charge in [0.25, 0.3) is 0 Å². The second-order valence-electron chi connectivity index (χ2n) is 3.04. The lowest BCUT2D eigenvalue weighted by atomic mass is 10.0. The van der Waals surface area contributed by atoms with E-state index in [1.54, 1.807) is 0 Å². The van der Waals surface area contributed by atoms with E-state index in [1.165, 1.54) is 11.0 Å². The lowest BCUT2D eigenvalue weighted by molar-refractivity contribution is -0.130. The molecule has 0 saturated carbocycles. The lowest BCUT2D eigenvalue weighted by Crippen LogP contribution is -2.49. The molecule has 1 aliphatic rings. The maximum absolute atomic E-state index is 11.2. The van der Waals surface area contributed by atoms with E-state index in [1.807, 2.05) is 5.92 Å². The quantitative estimate of drug-likeness (QED) is 0.525. The molecule has 0 unspecified atom stereocenters. The first-order chi connectivity index (χ1) is 7.13. The summed E-state index contributed by atoms with van der Waals surface area (Å²) in [6.45, 7) is 4.45. The number of hydrogen-bond donors (Lipinski definition) is 1. The summed E-state index contributed by atoms with van der Waals surface area (Å²) in [5, 5.41) is 8.28. The van der Waals surface area contributed by atoms with Crippen LogP contribution in [0.4, 0.5) is 4.79 Å². The van der Waals surface area contributed by atoms with Gasteiger partial charge in [-0.3, -0.25) is 0 Å². The largest absolute Gasteiger partial charge is 0.472 e. The van der Waals surface area contributed by atoms with E-state index < -0.39 is 12.1 Å². The molecule has 1 aliphatic heterocycles. The molecule has 1 rings (SSSR count). The average Bonchev–Trinajstić information content (AvgIpc) is 2.11. The molecule has 1 fully saturated rings. The molecule has 0 aromatic rings. The summed E-state index contributed by atoms with van der Waals surface area (Å²) < 4.78 is 4.77. The zero-order valence-corrected chi connectivity index (χ0v) is 8.10. The van der Waals surface area contributed by atoms with Gasteiger partial charge in [-0.2, -0.15) is 0 Å². The third-order valence-electron chi connectivity index (χ3n) is 1.85. The van der Waals surface area contributed by atoms with Crippen LogP contribution in [-0.4, -0.2) is 41.8 Å². The molecule has 1 amide bonds. The van der Waals surface area contributed by atoms with Crippen molar-refractivity contribution in [2.75, 3.05) is 19.7 Å². The lowest BCUT2D eigenvalue weighted by Gasteiger charge is -2.35. The van der Waals surface area contributed by atoms with Crippen LogP contribution in [0.25, 0.3) is 0 Å². The van der Waals surface area contributed by atoms with Crippen LogP contribution in [0.2, 0.25) is 0 Å². The molecule has 0 aromatic carbocycles. The molecule has 0 spiro atoms. The summed E-state index contributed by atoms with van der Waals surface area (Å²) in [6.07, 6.45) is 1.07. The Morgan fingerprint density at radius 1 is 1.60 bits per heavy atom. The van der Waals surface area contributed by atoms with Gasteiger partial charge in [-0.05, 0) is 0 Å². The minimum atomic E-state index is -1.15. The molecule has 80 valence electrons. The Labute approximate surface area is 87.3 Å². The van der Waals surface area contributed by atoms with Crippen molar-refractivity contribution < 1.29 is 19.4 Å². The van der Waals surface area contributed by atoms with Crippen molar-refractivity contribution in [3.05, 3.63) is 12.7 Å². The average molecular weight is 209 g/mol. The summed E-state index contributed by atoms with van der Waals surface area (Å²) in [6, 6.07) is 0. The van der Waals surface area contributed by atoms with Crippen LogP contribution in [0.5, 0.6) is 0 Å². The molecule has 0 radical (unpaired) electrons. The van der Waals surface area contributed by atoms with Crippen LogP contribution in [0.3, 0.4) is 0 Å². The van der Waals surface area contributed by atoms with Gasteiger partial charge < -0.3 is 14.7 Å². The van der Waals surface area contributed by atoms with E-state index in [0.29, 0.717) is 13.1 Å². The van der Waals surface area contributed by atoms with Crippen molar-refractivity contribution in [1.29, 1.82) is 0 Å². The van der Waals surface area contributed by atoms with Gasteiger partial charge in [-0.1, -0.05) is 18.6 Å². The molecule has 0 aromatic heterocycles. The topological polar surface area (TPSA) is 66.8 Å². The van der Waals surface area contributed by atoms with Gasteiger partial charge in [0.15, 0.2) is 0 Å². The molecular weight excluding hydrogens is 198 g/mol. The number of likely N-dealkylation sites (tertiary alicyclic amines) is 1. The summed E-state index contributed by atoms with van der Waals surface area (Å²) in [7, 11) is 0. The first-order valence-corrected chi connectivity index (χ1v) is 4.40. The molecule has 5 nitrogen and oxygen atoms in total. The van der Waals surface area contributed by atoms with Gasteiger partial charge in [0.1, 0.15) is 6.61 Å². The number of hydrogen-bond acceptors (Lipinski definition) is 3. The molecule has 1 N–H and O–H groups in total. The molecule has 0 bridgehead atoms. The van der Waals surface area contributed by atoms with Gasteiger partial charge in [-0.15, -0.1) is 0 Å². The fourth-order valence-electron chi connectivity index (χ4n) is 1.10. The second-order valence-corrected chi connectivity index (χ2v) is 3.04. The van der Waals surface area contributed by atoms with Crippen molar-refractivity contribution in [3.63, 3.8) is 0 Å². The van der Waals surface area contributed by atoms with Gasteiger partial charge in [-0.25, -0.2) is 9.59 Å². The highest BCUT2D eigenvalue weighted by Gasteiger charge is 2.30. The standard InChI is InChI=1S/C10H11NO4/c1-2-5-15-10(14)11-6-8(7-11)3-4-9(12)13/h2,8H,1,5-7H2,(H,12,13). The monoisotopic (exact) mass is 209 g/mol. The van der Waals surface area contributed by atoms with E-state index in [4.69, 9.17) is 9.84 Å². The number of nitrogens with zero attached hydrogens (tertiary/aromatic N) is 1. The van der Waals surface area contributed by atoms with Crippen LogP contribution in [0.1, 0.15) is 0 Å². The molecule has 15 heavy (non-hydrogen) atoms. The maximum atomic E-state index is 11.2. The summed E-state index contributed by atoms with van der Waals surface area (Å²) in [4.78, 5) is 22.7. The third-order valence-corrected chi connectivity index (χ3v) is 1.85. The van der Waals surface area contributed by atoms with Crippen LogP contribution in [0.15, 0.2) is 12.7 Å². The molecular formula is C10H11NO4. The Hall–Kier alpha value is -1.96. The van der Waals surface area contributed by atoms with Gasteiger partial charge in [0.05, 0.1) is 5.92 Å². The molecule has 5 heteroatoms. The van der Waals surface area contributed by atoms with Crippen molar-refractivity contribution in [2.24, 2.45) is 5.92 Å². The predicted molar refractivity (Wildman–Crippen MR) is 52.0 cm³/mol. The maximum Gasteiger partial charge on any atom is 0.410 e. The van der Waals surface area contributed by atoms with Crippen LogP contribution in [0, 0.1) is 17.8 Å². The Balaban J connectivity index is 2.26. The highest BCUT2D eigenvalue weighted by molar-refractivity contribution is 5.86. The van der Waals surface area contributed by atoms with E-state index in [9.17, 15) is 9.59 Å². The zero-order valence-electron chi connectivity index (χ0n) is 8.10. The Morgan fingerprint density at radius 3 is 2.80 bits per heavy atom. The highest BCUT2D eigenvalue weighted by atomic mass is 16.6. The zero-order chi connectivity index (χ0) is 11.3. The van der Waals surface area contributed by atoms with Crippen LogP contribution in [-0.2, 0) is 9.53 Å². The number of carbonyl (C=O) groups is 2. The minimum absolute atomic E-state index is 0.0580. The van der Waals surface area contributed by atoms with E-state index >= 15 is 0 Å². The molecule has 0 atom stereocenters. The second kappa shape index (κ2) is 5.05. The summed E-state index contributed by atoms with van der Waals surface area (Å²) in [5.41, 5.74) is 0. The van der Waals surface area contributed by atoms with Gasteiger partial charge >= 0.3 is 12.1 Å². The highest BCUT2D eigenvalue weighted by Crippen LogP contribution is 2.15. The van der Waals surface area contributed by atoms with E-state index in [0.717, 1.165) is 0 Å². The molecule has 0 aliphatic carbocycles. The van der Waals surface area contributed by atoms with Crippen molar-refractivity contribution in [3.8, 4) is 11.8 Å². The van der Waals surface area contributed by atoms with Gasteiger partial charge in [0, 0.05) is 19.0 Å². The number of ether oxygens (including phenoxy) is 1. The van der Waals surface area contributed by atoms with E-state index in [2.05, 4.69) is 12.5 Å². The smallest absolute Gasteiger partial charge is 0.410 e. The Bertz CT molecular complexity index is 333. The molecule has 1 heterocycles. The SMILES string of the molecule is C=CCOC(=O)N1CC(C#CC(=O)O)C1. The van der Waals surface area contributed by atoms with Crippen molar-refractivity contribution in [1.82, 2.24) is 4.90 Å². The third kappa shape index (κ3) is 3.35. The first kappa shape index (κ1) is 11.1.